The van der Waals surface area contributed by atoms with Crippen molar-refractivity contribution >= 4 is 67.5 Å². The Morgan fingerprint density at radius 3 is 1.33 bits per heavy atom. The zero-order valence-corrected chi connectivity index (χ0v) is 62.6. The SMILES string of the molecule is C=CCOC(=O)[C@H](CCCN=C(NCCCC)NS(=O)(=O)c1c(C)c(C)c2c(c1C)CC(C)(C)O2)NC(=O)OCC1c2ccccc2-c2ccccc21.C=CCOC(=O)[C@H](CCCNC(=S)NS(=O)(=O)c1c(C)c(C)c2c(c1C)CC(C)(C)O2)NC(=O)OCC1c2ccccc2-c2ccccc21. The van der Waals surface area contributed by atoms with E-state index in [-0.39, 0.29) is 85.1 Å². The van der Waals surface area contributed by atoms with E-state index in [0.29, 0.717) is 54.5 Å². The molecule has 6 N–H and O–H groups in total. The van der Waals surface area contributed by atoms with Crippen LogP contribution in [0.1, 0.15) is 152 Å². The Kier molecular flexibility index (Phi) is 25.1. The molecule has 21 nitrogen and oxygen atoms in total. The maximum Gasteiger partial charge on any atom is 0.407 e. The molecule has 2 amide bonds. The summed E-state index contributed by atoms with van der Waals surface area (Å²) in [5, 5.41) is 11.3. The van der Waals surface area contributed by atoms with Gasteiger partial charge in [-0.3, -0.25) is 9.71 Å². The molecule has 2 aliphatic carbocycles. The number of thiocarbonyl (C=S) groups is 1. The lowest BCUT2D eigenvalue weighted by Gasteiger charge is -2.20. The number of unbranched alkanes of at least 4 members (excludes halogenated alkanes) is 1. The van der Waals surface area contributed by atoms with E-state index in [1.54, 1.807) is 20.8 Å². The molecule has 2 aliphatic heterocycles. The van der Waals surface area contributed by atoms with Crippen LogP contribution >= 0.6 is 12.2 Å². The van der Waals surface area contributed by atoms with Crippen molar-refractivity contribution in [3.8, 4) is 33.8 Å². The molecule has 2 atom stereocenters. The molecule has 0 aromatic heterocycles. The summed E-state index contributed by atoms with van der Waals surface area (Å²) in [5.41, 5.74) is 13.8. The summed E-state index contributed by atoms with van der Waals surface area (Å²) in [7, 11) is -8.05. The molecule has 102 heavy (non-hydrogen) atoms. The fraction of sp³-hybridized carbons (Fsp3) is 0.410. The molecule has 0 spiro atoms. The summed E-state index contributed by atoms with van der Waals surface area (Å²) in [4.78, 5) is 56.8. The number of ether oxygens (including phenoxy) is 6. The molecule has 0 unspecified atom stereocenters. The highest BCUT2D eigenvalue weighted by atomic mass is 32.2. The van der Waals surface area contributed by atoms with E-state index in [0.717, 1.165) is 91.1 Å². The van der Waals surface area contributed by atoms with Gasteiger partial charge in [0.25, 0.3) is 20.0 Å². The zero-order chi connectivity index (χ0) is 73.8. The Labute approximate surface area is 605 Å². The van der Waals surface area contributed by atoms with Crippen LogP contribution in [0.5, 0.6) is 11.5 Å². The van der Waals surface area contributed by atoms with E-state index in [9.17, 15) is 36.0 Å². The molecular formula is C78H95N7O14S3. The van der Waals surface area contributed by atoms with Crippen molar-refractivity contribution in [3.05, 3.63) is 189 Å². The summed E-state index contributed by atoms with van der Waals surface area (Å²) in [6.45, 7) is 29.1. The molecule has 10 rings (SSSR count). The average Bonchev–Trinajstić information content (AvgIpc) is 1.56. The van der Waals surface area contributed by atoms with Gasteiger partial charge in [0, 0.05) is 55.4 Å². The highest BCUT2D eigenvalue weighted by molar-refractivity contribution is 7.92. The summed E-state index contributed by atoms with van der Waals surface area (Å²) < 4.78 is 94.3. The number of hydrogen-bond donors (Lipinski definition) is 6. The van der Waals surface area contributed by atoms with E-state index in [2.05, 4.69) is 73.1 Å². The third kappa shape index (κ3) is 18.0. The van der Waals surface area contributed by atoms with Gasteiger partial charge in [0.2, 0.25) is 5.96 Å². The second-order valence-electron chi connectivity index (χ2n) is 27.2. The van der Waals surface area contributed by atoms with Gasteiger partial charge < -0.3 is 49.7 Å². The third-order valence-corrected chi connectivity index (χ3v) is 22.4. The van der Waals surface area contributed by atoms with Gasteiger partial charge in [-0.15, -0.1) is 0 Å². The molecule has 0 saturated heterocycles. The Morgan fingerprint density at radius 1 is 0.549 bits per heavy atom. The van der Waals surface area contributed by atoms with Gasteiger partial charge in [-0.2, -0.15) is 0 Å². The number of sulfonamides is 2. The third-order valence-electron chi connectivity index (χ3n) is 18.8. The van der Waals surface area contributed by atoms with Gasteiger partial charge in [-0.1, -0.05) is 136 Å². The van der Waals surface area contributed by atoms with Crippen molar-refractivity contribution < 1.29 is 64.4 Å². The van der Waals surface area contributed by atoms with Crippen LogP contribution in [0.4, 0.5) is 9.59 Å². The number of esters is 2. The Balaban J connectivity index is 0.000000238. The maximum atomic E-state index is 14.0. The van der Waals surface area contributed by atoms with Crippen molar-refractivity contribution in [1.82, 2.24) is 30.7 Å². The predicted octanol–water partition coefficient (Wildman–Crippen LogP) is 12.7. The number of aliphatic imine (C=N–C) groups is 1. The van der Waals surface area contributed by atoms with Gasteiger partial charge in [-0.25, -0.2) is 40.7 Å². The van der Waals surface area contributed by atoms with Crippen molar-refractivity contribution in [2.45, 2.75) is 172 Å². The number of nitrogens with one attached hydrogen (secondary N) is 6. The lowest BCUT2D eigenvalue weighted by atomic mass is 9.94. The van der Waals surface area contributed by atoms with E-state index in [1.807, 2.05) is 128 Å². The smallest absolute Gasteiger partial charge is 0.407 e. The molecule has 544 valence electrons. The van der Waals surface area contributed by atoms with Crippen LogP contribution in [-0.2, 0) is 61.4 Å². The van der Waals surface area contributed by atoms with Crippen molar-refractivity contribution in [1.29, 1.82) is 0 Å². The van der Waals surface area contributed by atoms with Gasteiger partial charge >= 0.3 is 24.1 Å². The van der Waals surface area contributed by atoms with E-state index < -0.39 is 67.5 Å². The first-order valence-electron chi connectivity index (χ1n) is 34.5. The zero-order valence-electron chi connectivity index (χ0n) is 60.1. The first kappa shape index (κ1) is 76.9. The molecule has 0 radical (unpaired) electrons. The molecule has 0 bridgehead atoms. The predicted molar refractivity (Wildman–Crippen MR) is 399 cm³/mol. The Morgan fingerprint density at radius 2 is 0.931 bits per heavy atom. The number of hydrogen-bond acceptors (Lipinski definition) is 16. The quantitative estimate of drug-likeness (QED) is 0.00532. The summed E-state index contributed by atoms with van der Waals surface area (Å²) >= 11 is 5.34. The number of nitrogens with zero attached hydrogens (tertiary/aromatic N) is 1. The van der Waals surface area contributed by atoms with E-state index >= 15 is 0 Å². The van der Waals surface area contributed by atoms with Crippen LogP contribution in [0.15, 0.2) is 137 Å². The first-order valence-corrected chi connectivity index (χ1v) is 37.9. The largest absolute Gasteiger partial charge is 0.487 e. The van der Waals surface area contributed by atoms with Crippen LogP contribution in [0.2, 0.25) is 0 Å². The number of guanidine groups is 1. The lowest BCUT2D eigenvalue weighted by Crippen LogP contribution is -2.43. The number of rotatable bonds is 27. The van der Waals surface area contributed by atoms with Crippen LogP contribution in [0.3, 0.4) is 0 Å². The second kappa shape index (κ2) is 33.2. The number of alkyl carbamates (subject to hydrolysis) is 2. The Bertz CT molecular complexity index is 4360. The van der Waals surface area contributed by atoms with Crippen molar-refractivity contribution in [2.24, 2.45) is 4.99 Å². The van der Waals surface area contributed by atoms with Gasteiger partial charge in [0.05, 0.1) is 9.79 Å². The van der Waals surface area contributed by atoms with Crippen LogP contribution < -0.4 is 40.2 Å². The van der Waals surface area contributed by atoms with Crippen LogP contribution in [-0.4, -0.2) is 121 Å². The molecule has 24 heteroatoms. The summed E-state index contributed by atoms with van der Waals surface area (Å²) in [6.07, 6.45) is 5.36. The van der Waals surface area contributed by atoms with E-state index in [4.69, 9.17) is 40.6 Å². The highest BCUT2D eigenvalue weighted by Gasteiger charge is 2.40. The fourth-order valence-corrected chi connectivity index (χ4v) is 17.2. The molecular weight excluding hydrogens is 1360 g/mol. The highest BCUT2D eigenvalue weighted by Crippen LogP contribution is 2.48. The number of carbonyl (C=O) groups is 4. The first-order chi connectivity index (χ1) is 48.5. The maximum absolute atomic E-state index is 14.0. The van der Waals surface area contributed by atoms with Crippen LogP contribution in [0, 0.1) is 41.5 Å². The molecule has 2 heterocycles. The lowest BCUT2D eigenvalue weighted by molar-refractivity contribution is -0.145. The number of benzene rings is 6. The van der Waals surface area contributed by atoms with Crippen molar-refractivity contribution in [2.75, 3.05) is 46.1 Å². The molecule has 4 aliphatic rings. The second-order valence-corrected chi connectivity index (χ2v) is 30.9. The minimum atomic E-state index is -4.04. The van der Waals surface area contributed by atoms with E-state index in [1.165, 1.54) is 12.2 Å². The average molecular weight is 1450 g/mol. The molecule has 0 fully saturated rings. The molecule has 6 aromatic carbocycles. The number of carbonyl (C=O) groups excluding carboxylic acids is 4. The topological polar surface area (TPSA) is 276 Å². The normalized spacial score (nSPS) is 14.9. The monoisotopic (exact) mass is 1450 g/mol. The molecule has 6 aromatic rings. The summed E-state index contributed by atoms with van der Waals surface area (Å²) in [6, 6.07) is 30.1. The van der Waals surface area contributed by atoms with Gasteiger partial charge in [-0.05, 0) is 191 Å². The Hall–Kier alpha value is -9.26. The number of fused-ring (bicyclic) bond motifs is 8. The summed E-state index contributed by atoms with van der Waals surface area (Å²) in [5.74, 6) is 0.0779. The molecule has 0 saturated carbocycles. The minimum Gasteiger partial charge on any atom is -0.487 e. The van der Waals surface area contributed by atoms with Gasteiger partial charge in [0.1, 0.15) is 61.2 Å². The number of amides is 2. The van der Waals surface area contributed by atoms with Crippen LogP contribution in [0.25, 0.3) is 22.3 Å². The van der Waals surface area contributed by atoms with Crippen molar-refractivity contribution in [3.63, 3.8) is 0 Å². The standard InChI is InChI=1S/C41H52N4O7S.C37H43N3O7S2/c1-8-10-21-42-39(45-53(48,49)37-27(4)26(3)36-33(28(37)5)24-41(6,7)52-36)43-22-15-20-35(38(46)50-23-9-2)44-40(47)51-25-34-31-18-13-11-16-29(31)30-17-12-14-19-32(30)34;1-7-19-45-34(41)31(39-36(42)46-21-30-27-15-10-8-13-25(27)26-14-9-11-16-28(26)30)17-12-18-38-35(48)40-49(43,44)33-23(3)22(2)32-29(24(33)4)20-37(5,6)47-32/h9,11-14,16-19,34-35H,2,8,10,15,20-25H2,1,3-7H3,(H,44,47)(H2,42,43,45);7-11,13-16,30-31H,1,12,17-21H2,2-6H3,(H,39,42)(H2,38,40,48)/t35-;31-/m00/s1. The minimum absolute atomic E-state index is 0.0161. The fourth-order valence-electron chi connectivity index (χ4n) is 13.7. The van der Waals surface area contributed by atoms with Gasteiger partial charge in [0.15, 0.2) is 5.11 Å².